The zero-order chi connectivity index (χ0) is 15.1. The van der Waals surface area contributed by atoms with E-state index in [1.165, 1.54) is 11.1 Å². The van der Waals surface area contributed by atoms with Crippen LogP contribution >= 0.6 is 15.9 Å². The van der Waals surface area contributed by atoms with Crippen molar-refractivity contribution in [1.82, 2.24) is 0 Å². The monoisotopic (exact) mass is 343 g/mol. The van der Waals surface area contributed by atoms with E-state index < -0.39 is 0 Å². The van der Waals surface area contributed by atoms with E-state index >= 15 is 0 Å². The smallest absolute Gasteiger partial charge is 0.134 e. The molecular formula is C18H18BrNO. The van der Waals surface area contributed by atoms with Crippen molar-refractivity contribution in [1.29, 1.82) is 0 Å². The van der Waals surface area contributed by atoms with Gasteiger partial charge in [0.1, 0.15) is 11.3 Å². The molecule has 3 aromatic rings. The van der Waals surface area contributed by atoms with Crippen molar-refractivity contribution in [3.63, 3.8) is 0 Å². The number of fused-ring (bicyclic) bond motifs is 1. The molecule has 3 heteroatoms. The first-order valence-corrected chi connectivity index (χ1v) is 7.77. The first kappa shape index (κ1) is 14.4. The lowest BCUT2D eigenvalue weighted by Gasteiger charge is -2.12. The molecule has 0 radical (unpaired) electrons. The molecule has 0 amide bonds. The fourth-order valence-electron chi connectivity index (χ4n) is 2.85. The number of hydrogen-bond acceptors (Lipinski definition) is 2. The Hall–Kier alpha value is -1.58. The van der Waals surface area contributed by atoms with Crippen LogP contribution in [0.5, 0.6) is 0 Å². The Morgan fingerprint density at radius 3 is 2.33 bits per heavy atom. The Labute approximate surface area is 133 Å². The summed E-state index contributed by atoms with van der Waals surface area (Å²) in [6.07, 6.45) is 0. The van der Waals surface area contributed by atoms with Gasteiger partial charge in [-0.2, -0.15) is 0 Å². The number of nitrogens with two attached hydrogens (primary N) is 1. The van der Waals surface area contributed by atoms with Crippen LogP contribution < -0.4 is 5.73 Å². The highest BCUT2D eigenvalue weighted by molar-refractivity contribution is 9.10. The second-order valence-corrected chi connectivity index (χ2v) is 6.55. The van der Waals surface area contributed by atoms with E-state index in [-0.39, 0.29) is 6.04 Å². The van der Waals surface area contributed by atoms with Crippen LogP contribution in [0.4, 0.5) is 0 Å². The Balaban J connectivity index is 2.13. The molecule has 0 aliphatic rings. The molecule has 1 unspecified atom stereocenters. The summed E-state index contributed by atoms with van der Waals surface area (Å²) >= 11 is 3.50. The highest BCUT2D eigenvalue weighted by Crippen LogP contribution is 2.33. The molecule has 0 aliphatic carbocycles. The predicted octanol–water partition coefficient (Wildman–Crippen LogP) is 5.17. The SMILES string of the molecule is Cc1cc(C)cc(C(N)c2oc3ccc(Br)cc3c2C)c1. The van der Waals surface area contributed by atoms with Gasteiger partial charge >= 0.3 is 0 Å². The Morgan fingerprint density at radius 1 is 1.00 bits per heavy atom. The van der Waals surface area contributed by atoms with Gasteiger partial charge < -0.3 is 10.2 Å². The standard InChI is InChI=1S/C18H18BrNO/c1-10-6-11(2)8-13(7-10)17(20)18-12(3)15-9-14(19)4-5-16(15)21-18/h4-9,17H,20H2,1-3H3. The van der Waals surface area contributed by atoms with E-state index in [2.05, 4.69) is 61.0 Å². The molecule has 1 aromatic heterocycles. The topological polar surface area (TPSA) is 39.2 Å². The molecule has 0 saturated carbocycles. The third kappa shape index (κ3) is 2.63. The summed E-state index contributed by atoms with van der Waals surface area (Å²) in [6.45, 7) is 6.24. The molecule has 0 bridgehead atoms. The second kappa shape index (κ2) is 5.32. The van der Waals surface area contributed by atoms with Crippen LogP contribution in [-0.2, 0) is 0 Å². The highest BCUT2D eigenvalue weighted by atomic mass is 79.9. The molecule has 0 saturated heterocycles. The van der Waals surface area contributed by atoms with Crippen molar-refractivity contribution < 1.29 is 4.42 Å². The molecule has 1 heterocycles. The number of hydrogen-bond donors (Lipinski definition) is 1. The maximum absolute atomic E-state index is 6.45. The number of rotatable bonds is 2. The largest absolute Gasteiger partial charge is 0.459 e. The van der Waals surface area contributed by atoms with Crippen molar-refractivity contribution in [2.45, 2.75) is 26.8 Å². The quantitative estimate of drug-likeness (QED) is 0.697. The summed E-state index contributed by atoms with van der Waals surface area (Å²) in [5.74, 6) is 0.841. The summed E-state index contributed by atoms with van der Waals surface area (Å²) in [5.41, 5.74) is 12.0. The van der Waals surface area contributed by atoms with Gasteiger partial charge in [0.2, 0.25) is 0 Å². The molecule has 2 aromatic carbocycles. The zero-order valence-corrected chi connectivity index (χ0v) is 14.0. The molecule has 2 N–H and O–H groups in total. The molecule has 0 aliphatic heterocycles. The van der Waals surface area contributed by atoms with E-state index in [0.29, 0.717) is 0 Å². The predicted molar refractivity (Wildman–Crippen MR) is 90.6 cm³/mol. The van der Waals surface area contributed by atoms with Gasteiger partial charge in [0.05, 0.1) is 6.04 Å². The molecule has 21 heavy (non-hydrogen) atoms. The van der Waals surface area contributed by atoms with Gasteiger partial charge in [0.25, 0.3) is 0 Å². The number of benzene rings is 2. The third-order valence-corrected chi connectivity index (χ3v) is 4.31. The fraction of sp³-hybridized carbons (Fsp3) is 0.222. The first-order valence-electron chi connectivity index (χ1n) is 6.98. The molecule has 0 spiro atoms. The molecular weight excluding hydrogens is 326 g/mol. The maximum atomic E-state index is 6.45. The minimum Gasteiger partial charge on any atom is -0.459 e. The summed E-state index contributed by atoms with van der Waals surface area (Å²) in [4.78, 5) is 0. The number of aryl methyl sites for hydroxylation is 3. The molecule has 2 nitrogen and oxygen atoms in total. The highest BCUT2D eigenvalue weighted by Gasteiger charge is 2.19. The van der Waals surface area contributed by atoms with E-state index in [9.17, 15) is 0 Å². The minimum atomic E-state index is -0.241. The van der Waals surface area contributed by atoms with Gasteiger partial charge in [-0.3, -0.25) is 0 Å². The Morgan fingerprint density at radius 2 is 1.67 bits per heavy atom. The Kier molecular flexibility index (Phi) is 3.64. The second-order valence-electron chi connectivity index (χ2n) is 5.63. The van der Waals surface area contributed by atoms with Gasteiger partial charge in [0, 0.05) is 15.4 Å². The van der Waals surface area contributed by atoms with E-state index in [1.807, 2.05) is 12.1 Å². The first-order chi connectivity index (χ1) is 9.95. The van der Waals surface area contributed by atoms with Gasteiger partial charge in [-0.05, 0) is 44.5 Å². The van der Waals surface area contributed by atoms with Crippen LogP contribution in [-0.4, -0.2) is 0 Å². The van der Waals surface area contributed by atoms with Gasteiger partial charge in [-0.25, -0.2) is 0 Å². The normalized spacial score (nSPS) is 12.8. The van der Waals surface area contributed by atoms with Crippen LogP contribution in [0.1, 0.15) is 34.1 Å². The zero-order valence-electron chi connectivity index (χ0n) is 12.4. The van der Waals surface area contributed by atoms with Gasteiger partial charge in [-0.15, -0.1) is 0 Å². The van der Waals surface area contributed by atoms with Crippen molar-refractivity contribution in [3.05, 3.63) is 68.9 Å². The van der Waals surface area contributed by atoms with Crippen LogP contribution in [0, 0.1) is 20.8 Å². The van der Waals surface area contributed by atoms with Crippen LogP contribution in [0.15, 0.2) is 45.3 Å². The fourth-order valence-corrected chi connectivity index (χ4v) is 3.21. The number of furan rings is 1. The molecule has 3 rings (SSSR count). The van der Waals surface area contributed by atoms with Gasteiger partial charge in [-0.1, -0.05) is 45.3 Å². The summed E-state index contributed by atoms with van der Waals surface area (Å²) in [7, 11) is 0. The van der Waals surface area contributed by atoms with Crippen molar-refractivity contribution >= 4 is 26.9 Å². The average Bonchev–Trinajstić information content (AvgIpc) is 2.74. The molecule has 108 valence electrons. The van der Waals surface area contributed by atoms with Crippen molar-refractivity contribution in [2.75, 3.05) is 0 Å². The van der Waals surface area contributed by atoms with E-state index in [4.69, 9.17) is 10.2 Å². The Bertz CT molecular complexity index is 799. The third-order valence-electron chi connectivity index (χ3n) is 3.82. The van der Waals surface area contributed by atoms with Gasteiger partial charge in [0.15, 0.2) is 0 Å². The number of halogens is 1. The van der Waals surface area contributed by atoms with E-state index in [0.717, 1.165) is 32.3 Å². The van der Waals surface area contributed by atoms with Crippen LogP contribution in [0.25, 0.3) is 11.0 Å². The summed E-state index contributed by atoms with van der Waals surface area (Å²) < 4.78 is 7.05. The lowest BCUT2D eigenvalue weighted by molar-refractivity contribution is 0.521. The summed E-state index contributed by atoms with van der Waals surface area (Å²) in [5, 5.41) is 1.11. The van der Waals surface area contributed by atoms with Crippen LogP contribution in [0.2, 0.25) is 0 Å². The lowest BCUT2D eigenvalue weighted by atomic mass is 9.98. The maximum Gasteiger partial charge on any atom is 0.134 e. The van der Waals surface area contributed by atoms with Crippen LogP contribution in [0.3, 0.4) is 0 Å². The minimum absolute atomic E-state index is 0.241. The average molecular weight is 344 g/mol. The molecule has 0 fully saturated rings. The van der Waals surface area contributed by atoms with E-state index in [1.54, 1.807) is 0 Å². The summed E-state index contributed by atoms with van der Waals surface area (Å²) in [6, 6.07) is 12.2. The lowest BCUT2D eigenvalue weighted by Crippen LogP contribution is -2.12. The molecule has 1 atom stereocenters. The van der Waals surface area contributed by atoms with Crippen molar-refractivity contribution in [3.8, 4) is 0 Å². The van der Waals surface area contributed by atoms with Crippen molar-refractivity contribution in [2.24, 2.45) is 5.73 Å².